The van der Waals surface area contributed by atoms with Crippen LogP contribution < -0.4 is 4.72 Å². The van der Waals surface area contributed by atoms with Crippen molar-refractivity contribution in [1.29, 1.82) is 0 Å². The van der Waals surface area contributed by atoms with Crippen LogP contribution in [0.1, 0.15) is 43.0 Å². The van der Waals surface area contributed by atoms with Crippen molar-refractivity contribution >= 4 is 21.7 Å². The number of sulfonamides is 1. The maximum Gasteiger partial charge on any atom is 0.307 e. The molecule has 0 heterocycles. The molecule has 140 valence electrons. The lowest BCUT2D eigenvalue weighted by atomic mass is 9.85. The molecule has 0 unspecified atom stereocenters. The summed E-state index contributed by atoms with van der Waals surface area (Å²) in [6.45, 7) is 9.87. The molecule has 0 aliphatic carbocycles. The van der Waals surface area contributed by atoms with Gasteiger partial charge in [0.05, 0.1) is 11.3 Å². The van der Waals surface area contributed by atoms with Crippen LogP contribution in [-0.2, 0) is 26.7 Å². The van der Waals surface area contributed by atoms with Gasteiger partial charge in [0, 0.05) is 5.69 Å². The highest BCUT2D eigenvalue weighted by atomic mass is 32.2. The van der Waals surface area contributed by atoms with E-state index in [4.69, 9.17) is 5.11 Å². The Balaban J connectivity index is 2.34. The number of anilines is 1. The van der Waals surface area contributed by atoms with E-state index >= 15 is 0 Å². The molecule has 0 spiro atoms. The van der Waals surface area contributed by atoms with Gasteiger partial charge in [-0.1, -0.05) is 45.0 Å². The predicted octanol–water partition coefficient (Wildman–Crippen LogP) is 4.03. The van der Waals surface area contributed by atoms with Crippen LogP contribution in [0.25, 0.3) is 0 Å². The summed E-state index contributed by atoms with van der Waals surface area (Å²) in [6.07, 6.45) is -0.0977. The third-order valence-corrected chi connectivity index (χ3v) is 5.84. The Hall–Kier alpha value is -2.34. The number of hydrogen-bond donors (Lipinski definition) is 2. The van der Waals surface area contributed by atoms with Crippen molar-refractivity contribution in [2.24, 2.45) is 0 Å². The van der Waals surface area contributed by atoms with E-state index in [0.29, 0.717) is 22.4 Å². The molecule has 0 aliphatic heterocycles. The number of aryl methyl sites for hydroxylation is 2. The molecule has 0 radical (unpaired) electrons. The highest BCUT2D eigenvalue weighted by Crippen LogP contribution is 2.30. The van der Waals surface area contributed by atoms with Crippen LogP contribution in [0, 0.1) is 13.8 Å². The van der Waals surface area contributed by atoms with Gasteiger partial charge in [-0.05, 0) is 53.6 Å². The van der Waals surface area contributed by atoms with Gasteiger partial charge in [0.25, 0.3) is 10.0 Å². The van der Waals surface area contributed by atoms with Gasteiger partial charge in [-0.2, -0.15) is 0 Å². The summed E-state index contributed by atoms with van der Waals surface area (Å²) in [7, 11) is -3.74. The second kappa shape index (κ2) is 7.11. The highest BCUT2D eigenvalue weighted by molar-refractivity contribution is 7.92. The average Bonchev–Trinajstić information content (AvgIpc) is 2.46. The Bertz CT molecular complexity index is 900. The fraction of sp³-hybridized carbons (Fsp3) is 0.350. The Morgan fingerprint density at radius 3 is 1.96 bits per heavy atom. The van der Waals surface area contributed by atoms with Crippen LogP contribution in [0.3, 0.4) is 0 Å². The summed E-state index contributed by atoms with van der Waals surface area (Å²) in [5, 5.41) is 8.80. The maximum atomic E-state index is 12.9. The third-order valence-electron chi connectivity index (χ3n) is 4.16. The molecule has 26 heavy (non-hydrogen) atoms. The highest BCUT2D eigenvalue weighted by Gasteiger charge is 2.23. The Labute approximate surface area is 155 Å². The zero-order valence-corrected chi connectivity index (χ0v) is 16.6. The molecule has 0 fully saturated rings. The first-order valence-electron chi connectivity index (χ1n) is 8.35. The van der Waals surface area contributed by atoms with E-state index in [1.807, 2.05) is 12.1 Å². The van der Waals surface area contributed by atoms with E-state index in [2.05, 4.69) is 25.5 Å². The number of rotatable bonds is 5. The number of benzene rings is 2. The van der Waals surface area contributed by atoms with Crippen LogP contribution in [-0.4, -0.2) is 19.5 Å². The summed E-state index contributed by atoms with van der Waals surface area (Å²) >= 11 is 0. The average molecular weight is 375 g/mol. The van der Waals surface area contributed by atoms with Crippen molar-refractivity contribution in [2.45, 2.75) is 51.3 Å². The van der Waals surface area contributed by atoms with Gasteiger partial charge in [-0.25, -0.2) is 8.42 Å². The van der Waals surface area contributed by atoms with Gasteiger partial charge < -0.3 is 5.11 Å². The topological polar surface area (TPSA) is 83.5 Å². The molecule has 0 amide bonds. The minimum atomic E-state index is -3.74. The third kappa shape index (κ3) is 4.64. The summed E-state index contributed by atoms with van der Waals surface area (Å²) in [5.74, 6) is -0.927. The molecule has 0 aliphatic rings. The standard InChI is InChI=1S/C20H25NO4S/c1-13-10-16(20(3,4)5)11-14(2)19(13)26(24,25)21-17-8-6-15(7-9-17)12-18(22)23/h6-11,21H,12H2,1-5H3,(H,22,23). The lowest BCUT2D eigenvalue weighted by Gasteiger charge is -2.22. The molecule has 2 aromatic carbocycles. The summed E-state index contributed by atoms with van der Waals surface area (Å²) in [6, 6.07) is 10.2. The van der Waals surface area contributed by atoms with E-state index in [0.717, 1.165) is 5.56 Å². The predicted molar refractivity (Wildman–Crippen MR) is 103 cm³/mol. The van der Waals surface area contributed by atoms with Crippen molar-refractivity contribution in [3.05, 3.63) is 58.7 Å². The zero-order chi connectivity index (χ0) is 19.7. The molecule has 5 nitrogen and oxygen atoms in total. The molecule has 0 aromatic heterocycles. The molecule has 2 rings (SSSR count). The summed E-state index contributed by atoms with van der Waals surface area (Å²) in [5.41, 5.74) is 3.44. The molecule has 2 aromatic rings. The van der Waals surface area contributed by atoms with Crippen LogP contribution in [0.15, 0.2) is 41.3 Å². The van der Waals surface area contributed by atoms with Crippen LogP contribution >= 0.6 is 0 Å². The lowest BCUT2D eigenvalue weighted by Crippen LogP contribution is -2.18. The number of nitrogens with one attached hydrogen (secondary N) is 1. The smallest absolute Gasteiger partial charge is 0.307 e. The first-order valence-corrected chi connectivity index (χ1v) is 9.84. The monoisotopic (exact) mass is 375 g/mol. The van der Waals surface area contributed by atoms with Gasteiger partial charge in [-0.15, -0.1) is 0 Å². The first kappa shape index (κ1) is 20.0. The van der Waals surface area contributed by atoms with E-state index < -0.39 is 16.0 Å². The van der Waals surface area contributed by atoms with Crippen molar-refractivity contribution < 1.29 is 18.3 Å². The maximum absolute atomic E-state index is 12.9. The summed E-state index contributed by atoms with van der Waals surface area (Å²) < 4.78 is 28.3. The van der Waals surface area contributed by atoms with Gasteiger partial charge in [0.15, 0.2) is 0 Å². The first-order chi connectivity index (χ1) is 11.9. The van der Waals surface area contributed by atoms with E-state index in [9.17, 15) is 13.2 Å². The molecule has 0 saturated carbocycles. The second-order valence-electron chi connectivity index (χ2n) is 7.56. The number of aliphatic carboxylic acids is 1. The summed E-state index contributed by atoms with van der Waals surface area (Å²) in [4.78, 5) is 11.0. The van der Waals surface area contributed by atoms with Gasteiger partial charge in [0.2, 0.25) is 0 Å². The van der Waals surface area contributed by atoms with Crippen molar-refractivity contribution in [3.8, 4) is 0 Å². The minimum absolute atomic E-state index is 0.0643. The molecule has 0 atom stereocenters. The van der Waals surface area contributed by atoms with E-state index in [-0.39, 0.29) is 16.7 Å². The fourth-order valence-corrected chi connectivity index (χ4v) is 4.39. The van der Waals surface area contributed by atoms with Crippen LogP contribution in [0.4, 0.5) is 5.69 Å². The largest absolute Gasteiger partial charge is 0.481 e. The normalized spacial score (nSPS) is 12.0. The number of hydrogen-bond acceptors (Lipinski definition) is 3. The van der Waals surface area contributed by atoms with Gasteiger partial charge in [-0.3, -0.25) is 9.52 Å². The molecular formula is C20H25NO4S. The second-order valence-corrected chi connectivity index (χ2v) is 9.18. The SMILES string of the molecule is Cc1cc(C(C)(C)C)cc(C)c1S(=O)(=O)Nc1ccc(CC(=O)O)cc1. The van der Waals surface area contributed by atoms with Gasteiger partial charge >= 0.3 is 5.97 Å². The van der Waals surface area contributed by atoms with E-state index in [1.165, 1.54) is 0 Å². The van der Waals surface area contributed by atoms with E-state index in [1.54, 1.807) is 38.1 Å². The Morgan fingerprint density at radius 2 is 1.54 bits per heavy atom. The lowest BCUT2D eigenvalue weighted by molar-refractivity contribution is -0.136. The Kier molecular flexibility index (Phi) is 5.47. The number of carboxylic acid groups (broad SMARTS) is 1. The molecule has 0 saturated heterocycles. The van der Waals surface area contributed by atoms with Crippen molar-refractivity contribution in [3.63, 3.8) is 0 Å². The van der Waals surface area contributed by atoms with Crippen LogP contribution in [0.5, 0.6) is 0 Å². The fourth-order valence-electron chi connectivity index (χ4n) is 2.88. The molecule has 6 heteroatoms. The minimum Gasteiger partial charge on any atom is -0.481 e. The molecule has 0 bridgehead atoms. The number of carboxylic acids is 1. The van der Waals surface area contributed by atoms with Crippen molar-refractivity contribution in [2.75, 3.05) is 4.72 Å². The zero-order valence-electron chi connectivity index (χ0n) is 15.8. The quantitative estimate of drug-likeness (QED) is 0.826. The molecule has 2 N–H and O–H groups in total. The van der Waals surface area contributed by atoms with Crippen LogP contribution in [0.2, 0.25) is 0 Å². The number of carbonyl (C=O) groups is 1. The molecular weight excluding hydrogens is 350 g/mol. The Morgan fingerprint density at radius 1 is 1.04 bits per heavy atom. The van der Waals surface area contributed by atoms with Gasteiger partial charge in [0.1, 0.15) is 0 Å². The van der Waals surface area contributed by atoms with Crippen molar-refractivity contribution in [1.82, 2.24) is 0 Å².